The Bertz CT molecular complexity index is 846. The second kappa shape index (κ2) is 6.35. The second-order valence-corrected chi connectivity index (χ2v) is 5.02. The Hall–Kier alpha value is -3.09. The smallest absolute Gasteiger partial charge is 0.228 e. The first-order chi connectivity index (χ1) is 11.1. The number of hydrogen-bond donors (Lipinski definition) is 1. The van der Waals surface area contributed by atoms with Gasteiger partial charge in [0, 0.05) is 18.3 Å². The van der Waals surface area contributed by atoms with Gasteiger partial charge in [0.25, 0.3) is 0 Å². The van der Waals surface area contributed by atoms with Crippen molar-refractivity contribution in [3.63, 3.8) is 0 Å². The van der Waals surface area contributed by atoms with Gasteiger partial charge in [-0.05, 0) is 34.2 Å². The summed E-state index contributed by atoms with van der Waals surface area (Å²) < 4.78 is 15.1. The number of nitrogens with one attached hydrogen (secondary N) is 1. The predicted molar refractivity (Wildman–Crippen MR) is 83.0 cm³/mol. The van der Waals surface area contributed by atoms with Gasteiger partial charge in [0.2, 0.25) is 5.91 Å². The van der Waals surface area contributed by atoms with Crippen LogP contribution in [0.25, 0.3) is 11.4 Å². The molecular formula is C16H14FN5O. The van der Waals surface area contributed by atoms with Crippen molar-refractivity contribution in [2.24, 2.45) is 7.05 Å². The van der Waals surface area contributed by atoms with Crippen molar-refractivity contribution < 1.29 is 9.18 Å². The molecule has 0 saturated heterocycles. The molecule has 3 rings (SSSR count). The quantitative estimate of drug-likeness (QED) is 0.801. The minimum atomic E-state index is -0.387. The van der Waals surface area contributed by atoms with E-state index in [-0.39, 0.29) is 18.1 Å². The van der Waals surface area contributed by atoms with E-state index in [1.807, 2.05) is 6.07 Å². The third kappa shape index (κ3) is 3.39. The average Bonchev–Trinajstić information content (AvgIpc) is 2.96. The van der Waals surface area contributed by atoms with Gasteiger partial charge in [-0.2, -0.15) is 0 Å². The van der Waals surface area contributed by atoms with Crippen LogP contribution in [0.4, 0.5) is 10.1 Å². The first kappa shape index (κ1) is 14.8. The first-order valence-corrected chi connectivity index (χ1v) is 6.99. The fraction of sp³-hybridized carbons (Fsp3) is 0.125. The standard InChI is InChI=1S/C16H14FN5O/c1-22-16(19-20-21-22)12-6-4-7-13(9-12)18-15(23)10-11-5-2-3-8-14(11)17/h2-9H,10H2,1H3,(H,18,23). The Morgan fingerprint density at radius 3 is 2.78 bits per heavy atom. The third-order valence-corrected chi connectivity index (χ3v) is 3.33. The van der Waals surface area contributed by atoms with E-state index in [4.69, 9.17) is 0 Å². The summed E-state index contributed by atoms with van der Waals surface area (Å²) in [5, 5.41) is 14.0. The van der Waals surface area contributed by atoms with Crippen molar-refractivity contribution in [3.05, 3.63) is 59.9 Å². The van der Waals surface area contributed by atoms with Crippen LogP contribution in [0.3, 0.4) is 0 Å². The molecule has 1 N–H and O–H groups in total. The van der Waals surface area contributed by atoms with Gasteiger partial charge in [0.05, 0.1) is 6.42 Å². The highest BCUT2D eigenvalue weighted by molar-refractivity contribution is 5.92. The summed E-state index contributed by atoms with van der Waals surface area (Å²) in [6.45, 7) is 0. The van der Waals surface area contributed by atoms with Crippen LogP contribution < -0.4 is 5.32 Å². The van der Waals surface area contributed by atoms with E-state index in [1.54, 1.807) is 48.1 Å². The second-order valence-electron chi connectivity index (χ2n) is 5.02. The molecule has 2 aromatic carbocycles. The zero-order valence-corrected chi connectivity index (χ0v) is 12.4. The summed E-state index contributed by atoms with van der Waals surface area (Å²) in [5.41, 5.74) is 1.74. The number of halogens is 1. The van der Waals surface area contributed by atoms with Gasteiger partial charge in [-0.25, -0.2) is 9.07 Å². The number of hydrogen-bond acceptors (Lipinski definition) is 4. The molecule has 0 atom stereocenters. The van der Waals surface area contributed by atoms with E-state index < -0.39 is 0 Å². The zero-order chi connectivity index (χ0) is 16.2. The molecule has 1 heterocycles. The van der Waals surface area contributed by atoms with Gasteiger partial charge in [-0.3, -0.25) is 4.79 Å². The summed E-state index contributed by atoms with van der Waals surface area (Å²) in [4.78, 5) is 12.1. The van der Waals surface area contributed by atoms with Gasteiger partial charge in [-0.15, -0.1) is 5.10 Å². The van der Waals surface area contributed by atoms with Gasteiger partial charge < -0.3 is 5.32 Å². The molecule has 3 aromatic rings. The Kier molecular flexibility index (Phi) is 4.09. The molecule has 23 heavy (non-hydrogen) atoms. The maximum atomic E-state index is 13.6. The van der Waals surface area contributed by atoms with Gasteiger partial charge in [0.1, 0.15) is 5.82 Å². The van der Waals surface area contributed by atoms with Gasteiger partial charge in [-0.1, -0.05) is 30.3 Å². The molecule has 0 saturated carbocycles. The van der Waals surface area contributed by atoms with E-state index in [0.29, 0.717) is 17.1 Å². The van der Waals surface area contributed by atoms with E-state index in [9.17, 15) is 9.18 Å². The number of aromatic nitrogens is 4. The molecule has 0 radical (unpaired) electrons. The minimum absolute atomic E-state index is 0.0254. The maximum absolute atomic E-state index is 13.6. The summed E-state index contributed by atoms with van der Waals surface area (Å²) in [6.07, 6.45) is -0.0254. The molecule has 1 amide bonds. The lowest BCUT2D eigenvalue weighted by Crippen LogP contribution is -2.15. The van der Waals surface area contributed by atoms with Crippen molar-refractivity contribution in [2.45, 2.75) is 6.42 Å². The number of rotatable bonds is 4. The summed E-state index contributed by atoms with van der Waals surface area (Å²) in [7, 11) is 1.73. The minimum Gasteiger partial charge on any atom is -0.326 e. The Morgan fingerprint density at radius 2 is 2.04 bits per heavy atom. The molecule has 0 spiro atoms. The molecule has 0 bridgehead atoms. The van der Waals surface area contributed by atoms with Crippen molar-refractivity contribution in [2.75, 3.05) is 5.32 Å². The number of nitrogens with zero attached hydrogens (tertiary/aromatic N) is 4. The maximum Gasteiger partial charge on any atom is 0.228 e. The number of benzene rings is 2. The molecule has 0 aliphatic carbocycles. The normalized spacial score (nSPS) is 10.5. The largest absolute Gasteiger partial charge is 0.326 e. The van der Waals surface area contributed by atoms with Crippen LogP contribution in [0.2, 0.25) is 0 Å². The van der Waals surface area contributed by atoms with Crippen molar-refractivity contribution in [1.29, 1.82) is 0 Å². The molecule has 0 aliphatic rings. The molecule has 1 aromatic heterocycles. The molecule has 0 unspecified atom stereocenters. The van der Waals surface area contributed by atoms with Gasteiger partial charge in [0.15, 0.2) is 5.82 Å². The van der Waals surface area contributed by atoms with Crippen molar-refractivity contribution in [3.8, 4) is 11.4 Å². The predicted octanol–water partition coefficient (Wildman–Crippen LogP) is 2.20. The van der Waals surface area contributed by atoms with Crippen LogP contribution in [0.1, 0.15) is 5.56 Å². The highest BCUT2D eigenvalue weighted by atomic mass is 19.1. The Balaban J connectivity index is 1.74. The highest BCUT2D eigenvalue weighted by Gasteiger charge is 2.10. The lowest BCUT2D eigenvalue weighted by atomic mass is 10.1. The molecular weight excluding hydrogens is 297 g/mol. The Labute approximate surface area is 132 Å². The van der Waals surface area contributed by atoms with E-state index >= 15 is 0 Å². The average molecular weight is 311 g/mol. The van der Waals surface area contributed by atoms with E-state index in [1.165, 1.54) is 6.07 Å². The summed E-state index contributed by atoms with van der Waals surface area (Å²) >= 11 is 0. The fourth-order valence-corrected chi connectivity index (χ4v) is 2.23. The topological polar surface area (TPSA) is 72.7 Å². The van der Waals surface area contributed by atoms with Crippen LogP contribution in [0.15, 0.2) is 48.5 Å². The SMILES string of the molecule is Cn1nnnc1-c1cccc(NC(=O)Cc2ccccc2F)c1. The molecule has 6 nitrogen and oxygen atoms in total. The van der Waals surface area contributed by atoms with Crippen LogP contribution in [0, 0.1) is 5.82 Å². The van der Waals surface area contributed by atoms with Crippen LogP contribution in [0.5, 0.6) is 0 Å². The summed E-state index contributed by atoms with van der Waals surface area (Å²) in [6, 6.07) is 13.4. The third-order valence-electron chi connectivity index (χ3n) is 3.33. The molecule has 0 fully saturated rings. The van der Waals surface area contributed by atoms with Crippen molar-refractivity contribution in [1.82, 2.24) is 20.2 Å². The lowest BCUT2D eigenvalue weighted by Gasteiger charge is -2.07. The van der Waals surface area contributed by atoms with Crippen LogP contribution in [-0.2, 0) is 18.3 Å². The number of aryl methyl sites for hydroxylation is 1. The van der Waals surface area contributed by atoms with Crippen LogP contribution >= 0.6 is 0 Å². The number of anilines is 1. The Morgan fingerprint density at radius 1 is 1.22 bits per heavy atom. The molecule has 0 aliphatic heterocycles. The van der Waals surface area contributed by atoms with E-state index in [2.05, 4.69) is 20.8 Å². The molecule has 7 heteroatoms. The number of carbonyl (C=O) groups is 1. The van der Waals surface area contributed by atoms with E-state index in [0.717, 1.165) is 5.56 Å². The zero-order valence-electron chi connectivity index (χ0n) is 12.4. The van der Waals surface area contributed by atoms with Gasteiger partial charge >= 0.3 is 0 Å². The lowest BCUT2D eigenvalue weighted by molar-refractivity contribution is -0.115. The first-order valence-electron chi connectivity index (χ1n) is 6.99. The van der Waals surface area contributed by atoms with Crippen LogP contribution in [-0.4, -0.2) is 26.1 Å². The summed E-state index contributed by atoms with van der Waals surface area (Å²) in [5.74, 6) is -0.0832. The van der Waals surface area contributed by atoms with Crippen molar-refractivity contribution >= 4 is 11.6 Å². The highest BCUT2D eigenvalue weighted by Crippen LogP contribution is 2.19. The number of tetrazole rings is 1. The number of amides is 1. The molecule has 116 valence electrons. The number of carbonyl (C=O) groups excluding carboxylic acids is 1. The fourth-order valence-electron chi connectivity index (χ4n) is 2.23. The monoisotopic (exact) mass is 311 g/mol.